The molecule has 1 N–H and O–H groups in total. The molecule has 0 bridgehead atoms. The molecular formula is C17H23NO4. The molecule has 0 aliphatic carbocycles. The molecular weight excluding hydrogens is 282 g/mol. The van der Waals surface area contributed by atoms with Gasteiger partial charge in [-0.1, -0.05) is 25.5 Å². The summed E-state index contributed by atoms with van der Waals surface area (Å²) in [5.74, 6) is -0.0844. The van der Waals surface area contributed by atoms with Crippen molar-refractivity contribution in [2.75, 3.05) is 13.7 Å². The summed E-state index contributed by atoms with van der Waals surface area (Å²) < 4.78 is 9.94. The molecule has 0 radical (unpaired) electrons. The van der Waals surface area contributed by atoms with E-state index in [0.717, 1.165) is 24.2 Å². The molecule has 1 aromatic rings. The van der Waals surface area contributed by atoms with E-state index in [4.69, 9.17) is 9.47 Å². The van der Waals surface area contributed by atoms with Gasteiger partial charge in [0.25, 0.3) is 5.91 Å². The Hall–Kier alpha value is -2.30. The first kappa shape index (κ1) is 17.8. The molecule has 5 nitrogen and oxygen atoms in total. The highest BCUT2D eigenvalue weighted by atomic mass is 16.5. The van der Waals surface area contributed by atoms with Crippen molar-refractivity contribution in [2.45, 2.75) is 32.7 Å². The van der Waals surface area contributed by atoms with Crippen molar-refractivity contribution in [3.8, 4) is 5.75 Å². The normalized spacial score (nSPS) is 12.0. The quantitative estimate of drug-likeness (QED) is 0.592. The van der Waals surface area contributed by atoms with E-state index >= 15 is 0 Å². The highest BCUT2D eigenvalue weighted by molar-refractivity contribution is 5.89. The second kappa shape index (κ2) is 9.60. The first-order chi connectivity index (χ1) is 10.5. The van der Waals surface area contributed by atoms with Gasteiger partial charge in [0, 0.05) is 12.1 Å². The van der Waals surface area contributed by atoms with E-state index in [1.165, 1.54) is 6.08 Å². The molecule has 0 spiro atoms. The van der Waals surface area contributed by atoms with Crippen LogP contribution < -0.4 is 10.1 Å². The van der Waals surface area contributed by atoms with Crippen molar-refractivity contribution in [1.29, 1.82) is 0 Å². The Morgan fingerprint density at radius 3 is 2.55 bits per heavy atom. The van der Waals surface area contributed by atoms with Crippen LogP contribution in [0.25, 0.3) is 6.08 Å². The van der Waals surface area contributed by atoms with Gasteiger partial charge >= 0.3 is 5.97 Å². The number of nitrogens with one attached hydrogen (secondary N) is 1. The van der Waals surface area contributed by atoms with Crippen molar-refractivity contribution in [1.82, 2.24) is 5.32 Å². The first-order valence-electron chi connectivity index (χ1n) is 7.33. The van der Waals surface area contributed by atoms with Gasteiger partial charge in [-0.15, -0.1) is 0 Å². The molecule has 1 aromatic carbocycles. The molecule has 22 heavy (non-hydrogen) atoms. The van der Waals surface area contributed by atoms with Crippen LogP contribution in [-0.4, -0.2) is 31.6 Å². The van der Waals surface area contributed by atoms with Crippen LogP contribution in [0.5, 0.6) is 5.75 Å². The van der Waals surface area contributed by atoms with Crippen LogP contribution >= 0.6 is 0 Å². The molecule has 120 valence electrons. The molecule has 0 saturated heterocycles. The molecule has 1 rings (SSSR count). The molecule has 0 aliphatic rings. The molecule has 5 heteroatoms. The molecule has 0 aliphatic heterocycles. The van der Waals surface area contributed by atoms with Crippen molar-refractivity contribution in [2.24, 2.45) is 0 Å². The third kappa shape index (κ3) is 6.92. The maximum Gasteiger partial charge on any atom is 0.331 e. The van der Waals surface area contributed by atoms with Crippen molar-refractivity contribution in [3.63, 3.8) is 0 Å². The van der Waals surface area contributed by atoms with E-state index in [1.54, 1.807) is 25.3 Å². The predicted molar refractivity (Wildman–Crippen MR) is 85.5 cm³/mol. The predicted octanol–water partition coefficient (Wildman–Crippen LogP) is 2.56. The number of hydrogen-bond donors (Lipinski definition) is 1. The fourth-order valence-corrected chi connectivity index (χ4v) is 1.89. The molecule has 0 aromatic heterocycles. The number of benzene rings is 1. The van der Waals surface area contributed by atoms with Crippen molar-refractivity contribution in [3.05, 3.63) is 35.9 Å². The Morgan fingerprint density at radius 2 is 1.95 bits per heavy atom. The summed E-state index contributed by atoms with van der Waals surface area (Å²) in [5, 5.41) is 2.77. The number of rotatable bonds is 8. The lowest BCUT2D eigenvalue weighted by molar-refractivity contribution is -0.144. The first-order valence-corrected chi connectivity index (χ1v) is 7.33. The minimum Gasteiger partial charge on any atom is -0.497 e. The van der Waals surface area contributed by atoms with E-state index in [-0.39, 0.29) is 18.6 Å². The van der Waals surface area contributed by atoms with Gasteiger partial charge in [0.1, 0.15) is 5.75 Å². The third-order valence-electron chi connectivity index (χ3n) is 3.00. The number of methoxy groups -OCH3 is 1. The molecule has 0 heterocycles. The Kier molecular flexibility index (Phi) is 7.75. The zero-order valence-electron chi connectivity index (χ0n) is 13.3. The Bertz CT molecular complexity index is 508. The van der Waals surface area contributed by atoms with Crippen LogP contribution in [0.2, 0.25) is 0 Å². The summed E-state index contributed by atoms with van der Waals surface area (Å²) in [6.45, 7) is 3.71. The van der Waals surface area contributed by atoms with Crippen LogP contribution in [-0.2, 0) is 14.3 Å². The van der Waals surface area contributed by atoms with Gasteiger partial charge in [0.15, 0.2) is 6.61 Å². The maximum absolute atomic E-state index is 11.6. The number of ether oxygens (including phenoxy) is 2. The van der Waals surface area contributed by atoms with Crippen LogP contribution in [0.3, 0.4) is 0 Å². The van der Waals surface area contributed by atoms with Gasteiger partial charge in [0.2, 0.25) is 0 Å². The number of hydrogen-bond acceptors (Lipinski definition) is 4. The maximum atomic E-state index is 11.6. The summed E-state index contributed by atoms with van der Waals surface area (Å²) >= 11 is 0. The van der Waals surface area contributed by atoms with E-state index in [0.29, 0.717) is 0 Å². The van der Waals surface area contributed by atoms with Crippen LogP contribution in [0.4, 0.5) is 0 Å². The smallest absolute Gasteiger partial charge is 0.331 e. The topological polar surface area (TPSA) is 64.6 Å². The van der Waals surface area contributed by atoms with Crippen LogP contribution in [0, 0.1) is 0 Å². The summed E-state index contributed by atoms with van der Waals surface area (Å²) in [7, 11) is 1.59. The monoisotopic (exact) mass is 305 g/mol. The highest BCUT2D eigenvalue weighted by Gasteiger charge is 2.08. The van der Waals surface area contributed by atoms with E-state index in [9.17, 15) is 9.59 Å². The average Bonchev–Trinajstić information content (AvgIpc) is 2.51. The summed E-state index contributed by atoms with van der Waals surface area (Å²) in [6, 6.07) is 7.33. The van der Waals surface area contributed by atoms with Crippen LogP contribution in [0.15, 0.2) is 30.3 Å². The lowest BCUT2D eigenvalue weighted by Crippen LogP contribution is -2.35. The molecule has 1 atom stereocenters. The van der Waals surface area contributed by atoms with Gasteiger partial charge in [0.05, 0.1) is 7.11 Å². The average molecular weight is 305 g/mol. The number of carbonyl (C=O) groups excluding carboxylic acids is 2. The summed E-state index contributed by atoms with van der Waals surface area (Å²) in [5.41, 5.74) is 0.846. The Morgan fingerprint density at radius 1 is 1.27 bits per heavy atom. The van der Waals surface area contributed by atoms with Crippen molar-refractivity contribution >= 4 is 18.0 Å². The fourth-order valence-electron chi connectivity index (χ4n) is 1.89. The van der Waals surface area contributed by atoms with E-state index < -0.39 is 5.97 Å². The molecule has 0 saturated carbocycles. The molecule has 0 fully saturated rings. The summed E-state index contributed by atoms with van der Waals surface area (Å²) in [6.07, 6.45) is 4.81. The lowest BCUT2D eigenvalue weighted by atomic mass is 10.2. The zero-order valence-corrected chi connectivity index (χ0v) is 13.3. The second-order valence-corrected chi connectivity index (χ2v) is 4.97. The van der Waals surface area contributed by atoms with E-state index in [1.807, 2.05) is 26.0 Å². The van der Waals surface area contributed by atoms with E-state index in [2.05, 4.69) is 5.32 Å². The largest absolute Gasteiger partial charge is 0.497 e. The molecule has 0 unspecified atom stereocenters. The van der Waals surface area contributed by atoms with Crippen molar-refractivity contribution < 1.29 is 19.1 Å². The van der Waals surface area contributed by atoms with Gasteiger partial charge in [-0.25, -0.2) is 4.79 Å². The highest BCUT2D eigenvalue weighted by Crippen LogP contribution is 2.12. The van der Waals surface area contributed by atoms with Gasteiger partial charge in [-0.3, -0.25) is 4.79 Å². The van der Waals surface area contributed by atoms with Gasteiger partial charge in [-0.2, -0.15) is 0 Å². The third-order valence-corrected chi connectivity index (χ3v) is 3.00. The molecule has 1 amide bonds. The number of amides is 1. The number of carbonyl (C=O) groups is 2. The SMILES string of the molecule is CCC[C@H](C)NC(=O)COC(=O)/C=C/c1ccc(OC)cc1. The zero-order chi connectivity index (χ0) is 16.4. The van der Waals surface area contributed by atoms with Gasteiger partial charge < -0.3 is 14.8 Å². The minimum atomic E-state index is -0.547. The summed E-state index contributed by atoms with van der Waals surface area (Å²) in [4.78, 5) is 23.1. The number of esters is 1. The lowest BCUT2D eigenvalue weighted by Gasteiger charge is -2.12. The van der Waals surface area contributed by atoms with Gasteiger partial charge in [-0.05, 0) is 37.1 Å². The van der Waals surface area contributed by atoms with Crippen LogP contribution in [0.1, 0.15) is 32.3 Å². The second-order valence-electron chi connectivity index (χ2n) is 4.97. The Balaban J connectivity index is 2.35. The minimum absolute atomic E-state index is 0.0889. The fraction of sp³-hybridized carbons (Fsp3) is 0.412. The Labute approximate surface area is 131 Å². The standard InChI is InChI=1S/C17H23NO4/c1-4-5-13(2)18-16(19)12-22-17(20)11-8-14-6-9-15(21-3)10-7-14/h6-11,13H,4-5,12H2,1-3H3,(H,18,19)/b11-8+/t13-/m0/s1.